The fourth-order valence-corrected chi connectivity index (χ4v) is 3.04. The molecular weight excluding hydrogens is 356 g/mol. The van der Waals surface area contributed by atoms with Crippen LogP contribution in [0.15, 0.2) is 23.3 Å². The number of hydrogen-bond donors (Lipinski definition) is 1. The lowest BCUT2D eigenvalue weighted by molar-refractivity contribution is -0.131. The molecule has 1 heterocycles. The Bertz CT molecular complexity index is 773. The van der Waals surface area contributed by atoms with Crippen molar-refractivity contribution < 1.29 is 14.4 Å². The zero-order valence-corrected chi connectivity index (χ0v) is 17.2. The molecule has 1 aromatic rings. The van der Waals surface area contributed by atoms with Crippen LogP contribution in [-0.2, 0) is 14.4 Å². The fourth-order valence-electron chi connectivity index (χ4n) is 3.04. The van der Waals surface area contributed by atoms with Gasteiger partial charge in [0, 0.05) is 25.9 Å². The first kappa shape index (κ1) is 21.6. The molecule has 7 nitrogen and oxygen atoms in total. The summed E-state index contributed by atoms with van der Waals surface area (Å²) in [5.74, 6) is -0.591. The normalized spacial score (nSPS) is 13.9. The van der Waals surface area contributed by atoms with Crippen molar-refractivity contribution in [1.82, 2.24) is 10.2 Å². The van der Waals surface area contributed by atoms with Gasteiger partial charge in [0.05, 0.1) is 12.2 Å². The molecule has 0 spiro atoms. The number of rotatable bonds is 8. The van der Waals surface area contributed by atoms with Crippen molar-refractivity contribution in [1.29, 1.82) is 0 Å². The Kier molecular flexibility index (Phi) is 7.72. The number of nitrogens with one attached hydrogen (secondary N) is 1. The van der Waals surface area contributed by atoms with Crippen molar-refractivity contribution in [3.8, 4) is 0 Å². The molecule has 1 aliphatic rings. The fraction of sp³-hybridized carbons (Fsp3) is 0.524. The quantitative estimate of drug-likeness (QED) is 0.745. The molecule has 152 valence electrons. The van der Waals surface area contributed by atoms with E-state index >= 15 is 0 Å². The van der Waals surface area contributed by atoms with Crippen molar-refractivity contribution >= 4 is 29.1 Å². The third kappa shape index (κ3) is 5.41. The van der Waals surface area contributed by atoms with Crippen LogP contribution in [0, 0.1) is 13.8 Å². The van der Waals surface area contributed by atoms with E-state index in [0.717, 1.165) is 24.0 Å². The van der Waals surface area contributed by atoms with E-state index in [4.69, 9.17) is 0 Å². The highest BCUT2D eigenvalue weighted by Crippen LogP contribution is 2.25. The van der Waals surface area contributed by atoms with Gasteiger partial charge in [-0.15, -0.1) is 0 Å². The molecule has 0 saturated carbocycles. The number of nitrogens with zero attached hydrogens (tertiary/aromatic N) is 3. The molecule has 0 atom stereocenters. The van der Waals surface area contributed by atoms with Gasteiger partial charge >= 0.3 is 0 Å². The molecule has 0 unspecified atom stereocenters. The second-order valence-electron chi connectivity index (χ2n) is 7.12. The van der Waals surface area contributed by atoms with Crippen LogP contribution < -0.4 is 10.3 Å². The van der Waals surface area contributed by atoms with Crippen LogP contribution >= 0.6 is 0 Å². The molecule has 0 aromatic heterocycles. The Morgan fingerprint density at radius 1 is 1.18 bits per heavy atom. The molecule has 0 saturated heterocycles. The number of hydrogen-bond acceptors (Lipinski definition) is 4. The first-order valence-corrected chi connectivity index (χ1v) is 9.91. The monoisotopic (exact) mass is 386 g/mol. The van der Waals surface area contributed by atoms with Gasteiger partial charge in [-0.1, -0.05) is 26.0 Å². The van der Waals surface area contributed by atoms with E-state index in [1.807, 2.05) is 45.9 Å². The average Bonchev–Trinajstić information content (AvgIpc) is 2.68. The molecule has 28 heavy (non-hydrogen) atoms. The van der Waals surface area contributed by atoms with Gasteiger partial charge in [0.1, 0.15) is 5.71 Å². The Morgan fingerprint density at radius 3 is 2.61 bits per heavy atom. The summed E-state index contributed by atoms with van der Waals surface area (Å²) in [6, 6.07) is 5.80. The van der Waals surface area contributed by atoms with E-state index in [2.05, 4.69) is 10.4 Å². The molecule has 1 aliphatic heterocycles. The molecule has 0 fully saturated rings. The lowest BCUT2D eigenvalue weighted by atomic mass is 10.1. The van der Waals surface area contributed by atoms with Gasteiger partial charge in [0.15, 0.2) is 0 Å². The molecule has 2 rings (SSSR count). The Morgan fingerprint density at radius 2 is 1.93 bits per heavy atom. The Labute approximate surface area is 166 Å². The highest BCUT2D eigenvalue weighted by atomic mass is 16.2. The maximum Gasteiger partial charge on any atom is 0.270 e. The number of hydrazone groups is 1. The molecule has 3 amide bonds. The molecule has 0 radical (unpaired) electrons. The maximum absolute atomic E-state index is 13.0. The zero-order valence-electron chi connectivity index (χ0n) is 17.2. The maximum atomic E-state index is 13.0. The summed E-state index contributed by atoms with van der Waals surface area (Å²) in [5, 5.41) is 8.52. The lowest BCUT2D eigenvalue weighted by Crippen LogP contribution is -2.46. The summed E-state index contributed by atoms with van der Waals surface area (Å²) in [6.45, 7) is 8.85. The van der Waals surface area contributed by atoms with E-state index in [1.54, 1.807) is 0 Å². The van der Waals surface area contributed by atoms with Crippen LogP contribution in [0.5, 0.6) is 0 Å². The van der Waals surface area contributed by atoms with Crippen LogP contribution in [0.2, 0.25) is 0 Å². The summed E-state index contributed by atoms with van der Waals surface area (Å²) in [7, 11) is 0. The van der Waals surface area contributed by atoms with E-state index in [0.29, 0.717) is 24.5 Å². The predicted octanol–water partition coefficient (Wildman–Crippen LogP) is 2.55. The van der Waals surface area contributed by atoms with E-state index in [9.17, 15) is 14.4 Å². The zero-order chi connectivity index (χ0) is 20.7. The topological polar surface area (TPSA) is 82.1 Å². The van der Waals surface area contributed by atoms with Crippen LogP contribution in [-0.4, -0.2) is 48.0 Å². The number of carbonyl (C=O) groups is 3. The number of aryl methyl sites for hydroxylation is 2. The lowest BCUT2D eigenvalue weighted by Gasteiger charge is -2.28. The smallest absolute Gasteiger partial charge is 0.270 e. The van der Waals surface area contributed by atoms with Crippen LogP contribution in [0.3, 0.4) is 0 Å². The van der Waals surface area contributed by atoms with Gasteiger partial charge in [-0.2, -0.15) is 5.10 Å². The van der Waals surface area contributed by atoms with Gasteiger partial charge in [0.25, 0.3) is 5.91 Å². The van der Waals surface area contributed by atoms with Gasteiger partial charge < -0.3 is 10.2 Å². The van der Waals surface area contributed by atoms with E-state index in [1.165, 1.54) is 9.91 Å². The summed E-state index contributed by atoms with van der Waals surface area (Å²) in [6.07, 6.45) is 2.09. The van der Waals surface area contributed by atoms with Gasteiger partial charge in [-0.3, -0.25) is 14.4 Å². The first-order valence-electron chi connectivity index (χ1n) is 9.91. The minimum atomic E-state index is -0.281. The van der Waals surface area contributed by atoms with Crippen molar-refractivity contribution in [2.75, 3.05) is 24.6 Å². The second kappa shape index (κ2) is 10.0. The second-order valence-corrected chi connectivity index (χ2v) is 7.12. The Hall–Kier alpha value is -2.70. The predicted molar refractivity (Wildman–Crippen MR) is 110 cm³/mol. The largest absolute Gasteiger partial charge is 0.355 e. The minimum absolute atomic E-state index is 0.00309. The average molecular weight is 386 g/mol. The first-order chi connectivity index (χ1) is 13.4. The van der Waals surface area contributed by atoms with Gasteiger partial charge in [0.2, 0.25) is 11.8 Å². The van der Waals surface area contributed by atoms with Crippen molar-refractivity contribution in [2.24, 2.45) is 5.10 Å². The summed E-state index contributed by atoms with van der Waals surface area (Å²) < 4.78 is 0. The van der Waals surface area contributed by atoms with Gasteiger partial charge in [-0.05, 0) is 43.9 Å². The van der Waals surface area contributed by atoms with E-state index < -0.39 is 0 Å². The number of amides is 3. The van der Waals surface area contributed by atoms with E-state index in [-0.39, 0.29) is 37.1 Å². The summed E-state index contributed by atoms with van der Waals surface area (Å²) >= 11 is 0. The third-order valence-corrected chi connectivity index (χ3v) is 4.56. The Balaban J connectivity index is 2.25. The number of benzene rings is 1. The number of anilines is 1. The van der Waals surface area contributed by atoms with Crippen LogP contribution in [0.1, 0.15) is 50.7 Å². The van der Waals surface area contributed by atoms with Crippen LogP contribution in [0.4, 0.5) is 5.69 Å². The van der Waals surface area contributed by atoms with Crippen molar-refractivity contribution in [3.63, 3.8) is 0 Å². The highest BCUT2D eigenvalue weighted by Gasteiger charge is 2.29. The summed E-state index contributed by atoms with van der Waals surface area (Å²) in [4.78, 5) is 39.1. The van der Waals surface area contributed by atoms with Crippen molar-refractivity contribution in [2.45, 2.75) is 53.4 Å². The molecular formula is C21H30N4O3. The molecule has 0 bridgehead atoms. The molecule has 1 N–H and O–H groups in total. The van der Waals surface area contributed by atoms with Gasteiger partial charge in [-0.25, -0.2) is 5.01 Å². The standard InChI is InChI=1S/C21H30N4O3/c1-5-11-22-19(26)14-24(12-6-2)21(28)17-9-10-20(27)25(23-17)18-13-15(3)7-8-16(18)4/h7-8,13H,5-6,9-12,14H2,1-4H3,(H,22,26). The summed E-state index contributed by atoms with van der Waals surface area (Å²) in [5.41, 5.74) is 2.94. The SMILES string of the molecule is CCCNC(=O)CN(CCC)C(=O)C1=NN(c2cc(C)ccc2C)C(=O)CC1. The minimum Gasteiger partial charge on any atom is -0.355 e. The highest BCUT2D eigenvalue weighted by molar-refractivity contribution is 6.40. The molecule has 0 aliphatic carbocycles. The number of carbonyl (C=O) groups excluding carboxylic acids is 3. The van der Waals surface area contributed by atoms with Crippen LogP contribution in [0.25, 0.3) is 0 Å². The molecule has 1 aromatic carbocycles. The molecule has 7 heteroatoms. The van der Waals surface area contributed by atoms with Crippen molar-refractivity contribution in [3.05, 3.63) is 29.3 Å². The third-order valence-electron chi connectivity index (χ3n) is 4.56.